The van der Waals surface area contributed by atoms with Crippen molar-refractivity contribution < 1.29 is 4.43 Å². The quantitative estimate of drug-likeness (QED) is 0.626. The van der Waals surface area contributed by atoms with Gasteiger partial charge in [0.15, 0.2) is 0 Å². The number of nitrogens with zero attached hydrogens (tertiary/aromatic N) is 1. The molecule has 124 valence electrons. The molecular formula is C17H36N2OSi. The Balaban J connectivity index is 1.84. The largest absolute Gasteiger partial charge is 0.406 e. The van der Waals surface area contributed by atoms with E-state index in [2.05, 4.69) is 23.7 Å². The Hall–Kier alpha value is 0.0969. The van der Waals surface area contributed by atoms with Gasteiger partial charge in [-0.15, -0.1) is 0 Å². The van der Waals surface area contributed by atoms with Crippen LogP contribution in [0, 0.1) is 0 Å². The molecule has 1 atom stereocenters. The fourth-order valence-corrected chi connectivity index (χ4v) is 6.19. The molecule has 2 aliphatic rings. The Morgan fingerprint density at radius 3 is 2.05 bits per heavy atom. The van der Waals surface area contributed by atoms with Gasteiger partial charge in [-0.2, -0.15) is 0 Å². The lowest BCUT2D eigenvalue weighted by atomic mass is 10.1. The van der Waals surface area contributed by atoms with Crippen molar-refractivity contribution in [3.05, 3.63) is 0 Å². The topological polar surface area (TPSA) is 24.5 Å². The zero-order valence-corrected chi connectivity index (χ0v) is 15.4. The molecule has 4 heteroatoms. The Labute approximate surface area is 133 Å². The average molecular weight is 313 g/mol. The second kappa shape index (κ2) is 9.98. The van der Waals surface area contributed by atoms with Crippen molar-refractivity contribution in [3.8, 4) is 0 Å². The molecule has 21 heavy (non-hydrogen) atoms. The minimum absolute atomic E-state index is 0.875. The number of hydrogen-bond donors (Lipinski definition) is 1. The lowest BCUT2D eigenvalue weighted by Gasteiger charge is -2.35. The molecule has 0 aliphatic heterocycles. The summed E-state index contributed by atoms with van der Waals surface area (Å²) in [6.07, 6.45) is 12.8. The maximum absolute atomic E-state index is 6.02. The fraction of sp³-hybridized carbons (Fsp3) is 1.00. The van der Waals surface area contributed by atoms with E-state index < -0.39 is 9.20 Å². The highest BCUT2D eigenvalue weighted by molar-refractivity contribution is 6.48. The third-order valence-electron chi connectivity index (χ3n) is 5.23. The van der Waals surface area contributed by atoms with Crippen LogP contribution in [0.4, 0.5) is 0 Å². The molecule has 0 aromatic carbocycles. The van der Waals surface area contributed by atoms with Crippen molar-refractivity contribution in [2.24, 2.45) is 0 Å². The van der Waals surface area contributed by atoms with Crippen molar-refractivity contribution in [2.75, 3.05) is 19.7 Å². The molecule has 1 N–H and O–H groups in total. The van der Waals surface area contributed by atoms with E-state index in [1.54, 1.807) is 0 Å². The van der Waals surface area contributed by atoms with E-state index in [-0.39, 0.29) is 0 Å². The highest BCUT2D eigenvalue weighted by atomic mass is 28.3. The Kier molecular flexibility index (Phi) is 8.29. The van der Waals surface area contributed by atoms with Gasteiger partial charge in [-0.25, -0.2) is 0 Å². The molecule has 3 nitrogen and oxygen atoms in total. The minimum Gasteiger partial charge on any atom is -0.406 e. The standard InChI is InChI=1S/C17H36N2OSi/c1-3-13-18-21(20-4-2)15-14-19(16-9-5-6-10-16)17-11-7-8-12-17/h16-18,21H,3-15H2,1-2H3. The van der Waals surface area contributed by atoms with Crippen LogP contribution >= 0.6 is 0 Å². The second-order valence-electron chi connectivity index (χ2n) is 6.80. The van der Waals surface area contributed by atoms with Crippen LogP contribution in [0.1, 0.15) is 71.6 Å². The van der Waals surface area contributed by atoms with E-state index in [1.807, 2.05) is 0 Å². The van der Waals surface area contributed by atoms with Crippen LogP contribution in [0.3, 0.4) is 0 Å². The van der Waals surface area contributed by atoms with E-state index >= 15 is 0 Å². The van der Waals surface area contributed by atoms with Gasteiger partial charge in [0, 0.05) is 18.7 Å². The molecule has 2 fully saturated rings. The molecule has 0 saturated heterocycles. The Bertz CT molecular complexity index is 250. The van der Waals surface area contributed by atoms with Crippen LogP contribution in [0.25, 0.3) is 0 Å². The summed E-state index contributed by atoms with van der Waals surface area (Å²) in [7, 11) is -1.19. The summed E-state index contributed by atoms with van der Waals surface area (Å²) in [5.41, 5.74) is 0. The lowest BCUT2D eigenvalue weighted by Crippen LogP contribution is -2.45. The highest BCUT2D eigenvalue weighted by Crippen LogP contribution is 2.31. The molecule has 0 radical (unpaired) electrons. The van der Waals surface area contributed by atoms with Gasteiger partial charge in [-0.05, 0) is 58.2 Å². The molecule has 2 rings (SSSR count). The highest BCUT2D eigenvalue weighted by Gasteiger charge is 2.30. The first kappa shape index (κ1) is 17.5. The van der Waals surface area contributed by atoms with Crippen LogP contribution in [0.15, 0.2) is 0 Å². The monoisotopic (exact) mass is 312 g/mol. The van der Waals surface area contributed by atoms with E-state index in [1.165, 1.54) is 70.4 Å². The summed E-state index contributed by atoms with van der Waals surface area (Å²) in [6.45, 7) is 7.67. The van der Waals surface area contributed by atoms with Gasteiger partial charge in [0.25, 0.3) is 9.20 Å². The first-order chi connectivity index (χ1) is 10.3. The van der Waals surface area contributed by atoms with Gasteiger partial charge in [-0.1, -0.05) is 32.6 Å². The van der Waals surface area contributed by atoms with E-state index in [9.17, 15) is 0 Å². The van der Waals surface area contributed by atoms with Crippen LogP contribution in [0.5, 0.6) is 0 Å². The van der Waals surface area contributed by atoms with Gasteiger partial charge in [0.1, 0.15) is 0 Å². The van der Waals surface area contributed by atoms with Gasteiger partial charge in [0.2, 0.25) is 0 Å². The fourth-order valence-electron chi connectivity index (χ4n) is 4.15. The van der Waals surface area contributed by atoms with Crippen molar-refractivity contribution in [1.82, 2.24) is 9.88 Å². The van der Waals surface area contributed by atoms with Crippen molar-refractivity contribution in [2.45, 2.75) is 89.8 Å². The average Bonchev–Trinajstić information content (AvgIpc) is 3.18. The van der Waals surface area contributed by atoms with Gasteiger partial charge < -0.3 is 9.41 Å². The molecule has 0 spiro atoms. The summed E-state index contributed by atoms with van der Waals surface area (Å²) < 4.78 is 6.02. The van der Waals surface area contributed by atoms with Crippen LogP contribution < -0.4 is 4.98 Å². The molecule has 0 heterocycles. The molecule has 0 aromatic rings. The van der Waals surface area contributed by atoms with Gasteiger partial charge in [-0.3, -0.25) is 4.90 Å². The van der Waals surface area contributed by atoms with E-state index in [0.29, 0.717) is 0 Å². The van der Waals surface area contributed by atoms with Gasteiger partial charge >= 0.3 is 0 Å². The van der Waals surface area contributed by atoms with Crippen LogP contribution in [-0.4, -0.2) is 45.9 Å². The summed E-state index contributed by atoms with van der Waals surface area (Å²) in [6, 6.07) is 3.05. The Morgan fingerprint density at radius 1 is 1.00 bits per heavy atom. The third-order valence-corrected chi connectivity index (χ3v) is 7.49. The third kappa shape index (κ3) is 5.66. The Morgan fingerprint density at radius 2 is 1.57 bits per heavy atom. The first-order valence-electron chi connectivity index (χ1n) is 9.45. The van der Waals surface area contributed by atoms with Crippen molar-refractivity contribution in [3.63, 3.8) is 0 Å². The first-order valence-corrected chi connectivity index (χ1v) is 11.3. The van der Waals surface area contributed by atoms with Crippen molar-refractivity contribution >= 4 is 9.20 Å². The van der Waals surface area contributed by atoms with Crippen LogP contribution in [-0.2, 0) is 4.43 Å². The zero-order chi connectivity index (χ0) is 14.9. The van der Waals surface area contributed by atoms with Crippen molar-refractivity contribution in [1.29, 1.82) is 0 Å². The smallest absolute Gasteiger partial charge is 0.253 e. The van der Waals surface area contributed by atoms with E-state index in [0.717, 1.165) is 25.2 Å². The SMILES string of the molecule is CCCN[SiH](CCN(C1CCCC1)C1CCCC1)OCC. The predicted octanol–water partition coefficient (Wildman–Crippen LogP) is 3.43. The summed E-state index contributed by atoms with van der Waals surface area (Å²) in [4.78, 5) is 6.59. The predicted molar refractivity (Wildman–Crippen MR) is 93.1 cm³/mol. The van der Waals surface area contributed by atoms with E-state index in [4.69, 9.17) is 4.43 Å². The molecule has 2 saturated carbocycles. The maximum atomic E-state index is 6.02. The normalized spacial score (nSPS) is 22.4. The lowest BCUT2D eigenvalue weighted by molar-refractivity contribution is 0.143. The molecule has 0 aromatic heterocycles. The second-order valence-corrected chi connectivity index (χ2v) is 9.10. The van der Waals surface area contributed by atoms with Crippen LogP contribution in [0.2, 0.25) is 6.04 Å². The van der Waals surface area contributed by atoms with Gasteiger partial charge in [0.05, 0.1) is 0 Å². The molecule has 2 aliphatic carbocycles. The molecule has 0 amide bonds. The number of nitrogens with one attached hydrogen (secondary N) is 1. The molecular weight excluding hydrogens is 276 g/mol. The number of rotatable bonds is 10. The summed E-state index contributed by atoms with van der Waals surface area (Å²) >= 11 is 0. The molecule has 1 unspecified atom stereocenters. The zero-order valence-electron chi connectivity index (χ0n) is 14.3. The summed E-state index contributed by atoms with van der Waals surface area (Å²) in [5.74, 6) is 0. The number of hydrogen-bond acceptors (Lipinski definition) is 3. The molecule has 0 bridgehead atoms. The summed E-state index contributed by atoms with van der Waals surface area (Å²) in [5, 5.41) is 0. The minimum atomic E-state index is -1.19. The maximum Gasteiger partial charge on any atom is 0.253 e.